The van der Waals surface area contributed by atoms with Crippen molar-refractivity contribution in [2.45, 2.75) is 70.9 Å². The summed E-state index contributed by atoms with van der Waals surface area (Å²) in [5.41, 5.74) is 0. The number of carbonyl (C=O) groups is 1. The average Bonchev–Trinajstić information content (AvgIpc) is 2.52. The first kappa shape index (κ1) is 13.9. The van der Waals surface area contributed by atoms with Gasteiger partial charge in [-0.05, 0) is 50.5 Å². The van der Waals surface area contributed by atoms with Crippen LogP contribution in [0.1, 0.15) is 58.8 Å². The molecule has 0 aromatic heterocycles. The number of carboxylic acids is 1. The summed E-state index contributed by atoms with van der Waals surface area (Å²) in [4.78, 5) is 13.8. The van der Waals surface area contributed by atoms with E-state index in [2.05, 4.69) is 18.7 Å². The quantitative estimate of drug-likeness (QED) is 0.822. The van der Waals surface area contributed by atoms with Crippen LogP contribution in [0, 0.1) is 11.8 Å². The van der Waals surface area contributed by atoms with E-state index < -0.39 is 5.97 Å². The lowest BCUT2D eigenvalue weighted by molar-refractivity contribution is -0.145. The maximum absolute atomic E-state index is 11.5. The molecule has 1 heterocycles. The summed E-state index contributed by atoms with van der Waals surface area (Å²) in [5.74, 6) is 0.885. The number of nitrogens with zero attached hydrogens (tertiary/aromatic N) is 1. The van der Waals surface area contributed by atoms with E-state index in [0.717, 1.165) is 31.2 Å². The van der Waals surface area contributed by atoms with Gasteiger partial charge in [-0.2, -0.15) is 0 Å². The van der Waals surface area contributed by atoms with Crippen molar-refractivity contribution in [3.8, 4) is 0 Å². The third kappa shape index (κ3) is 3.25. The zero-order chi connectivity index (χ0) is 13.1. The molecule has 3 atom stereocenters. The molecule has 3 unspecified atom stereocenters. The van der Waals surface area contributed by atoms with Crippen LogP contribution < -0.4 is 0 Å². The van der Waals surface area contributed by atoms with Crippen molar-refractivity contribution in [2.75, 3.05) is 6.54 Å². The van der Waals surface area contributed by atoms with E-state index >= 15 is 0 Å². The molecule has 2 aliphatic rings. The summed E-state index contributed by atoms with van der Waals surface area (Å²) in [6.07, 6.45) is 7.96. The summed E-state index contributed by atoms with van der Waals surface area (Å²) in [6, 6.07) is 0.276. The third-order valence-corrected chi connectivity index (χ3v) is 4.70. The lowest BCUT2D eigenvalue weighted by Gasteiger charge is -2.41. The molecule has 3 heteroatoms. The van der Waals surface area contributed by atoms with Crippen molar-refractivity contribution in [1.82, 2.24) is 4.90 Å². The van der Waals surface area contributed by atoms with Crippen LogP contribution in [0.25, 0.3) is 0 Å². The van der Waals surface area contributed by atoms with Crippen LogP contribution in [0.3, 0.4) is 0 Å². The van der Waals surface area contributed by atoms with Gasteiger partial charge in [0.05, 0.1) is 0 Å². The monoisotopic (exact) mass is 253 g/mol. The standard InChI is InChI=1S/C15H27NO2/c1-11-8-12(2)10-13(9-11)16-7-5-3-4-6-14(16)15(17)18/h11-14H,3-10H2,1-2H3,(H,17,18). The molecule has 0 bridgehead atoms. The van der Waals surface area contributed by atoms with E-state index in [1.807, 2.05) is 0 Å². The average molecular weight is 253 g/mol. The predicted molar refractivity (Wildman–Crippen MR) is 72.6 cm³/mol. The summed E-state index contributed by atoms with van der Waals surface area (Å²) < 4.78 is 0. The van der Waals surface area contributed by atoms with Gasteiger partial charge in [0.15, 0.2) is 0 Å². The second kappa shape index (κ2) is 6.05. The SMILES string of the molecule is CC1CC(C)CC(N2CCCCCC2C(=O)O)C1. The largest absolute Gasteiger partial charge is 0.480 e. The van der Waals surface area contributed by atoms with Crippen LogP contribution in [0.2, 0.25) is 0 Å². The molecule has 1 aliphatic heterocycles. The zero-order valence-electron chi connectivity index (χ0n) is 11.8. The summed E-state index contributed by atoms with van der Waals surface area (Å²) in [5, 5.41) is 9.45. The van der Waals surface area contributed by atoms with Crippen molar-refractivity contribution < 1.29 is 9.90 Å². The number of carboxylic acid groups (broad SMARTS) is 1. The van der Waals surface area contributed by atoms with Gasteiger partial charge in [0.25, 0.3) is 0 Å². The Morgan fingerprint density at radius 3 is 2.33 bits per heavy atom. The summed E-state index contributed by atoms with van der Waals surface area (Å²) in [7, 11) is 0. The van der Waals surface area contributed by atoms with Crippen molar-refractivity contribution >= 4 is 5.97 Å². The minimum absolute atomic E-state index is 0.227. The first-order valence-electron chi connectivity index (χ1n) is 7.56. The molecule has 1 saturated carbocycles. The normalized spacial score (nSPS) is 39.2. The van der Waals surface area contributed by atoms with E-state index in [-0.39, 0.29) is 6.04 Å². The van der Waals surface area contributed by atoms with E-state index in [4.69, 9.17) is 0 Å². The Bertz CT molecular complexity index is 282. The van der Waals surface area contributed by atoms with Crippen LogP contribution in [0.5, 0.6) is 0 Å². The molecule has 3 nitrogen and oxygen atoms in total. The molecule has 0 aromatic carbocycles. The lowest BCUT2D eigenvalue weighted by atomic mass is 9.79. The fraction of sp³-hybridized carbons (Fsp3) is 0.933. The van der Waals surface area contributed by atoms with Crippen LogP contribution >= 0.6 is 0 Å². The highest BCUT2D eigenvalue weighted by Gasteiger charge is 2.35. The van der Waals surface area contributed by atoms with Gasteiger partial charge < -0.3 is 5.11 Å². The van der Waals surface area contributed by atoms with Crippen LogP contribution in [-0.2, 0) is 4.79 Å². The van der Waals surface area contributed by atoms with E-state index in [0.29, 0.717) is 6.04 Å². The molecule has 0 aromatic rings. The van der Waals surface area contributed by atoms with Gasteiger partial charge in [0.1, 0.15) is 6.04 Å². The Hall–Kier alpha value is -0.570. The lowest BCUT2D eigenvalue weighted by Crippen LogP contribution is -2.49. The molecular weight excluding hydrogens is 226 g/mol. The Kier molecular flexibility index (Phi) is 4.66. The summed E-state index contributed by atoms with van der Waals surface area (Å²) >= 11 is 0. The third-order valence-electron chi connectivity index (χ3n) is 4.70. The smallest absolute Gasteiger partial charge is 0.320 e. The fourth-order valence-electron chi connectivity index (χ4n) is 4.01. The Balaban J connectivity index is 2.09. The van der Waals surface area contributed by atoms with E-state index in [1.54, 1.807) is 0 Å². The van der Waals surface area contributed by atoms with Crippen LogP contribution in [0.15, 0.2) is 0 Å². The van der Waals surface area contributed by atoms with Gasteiger partial charge in [-0.3, -0.25) is 9.69 Å². The van der Waals surface area contributed by atoms with Crippen molar-refractivity contribution in [2.24, 2.45) is 11.8 Å². The number of likely N-dealkylation sites (tertiary alicyclic amines) is 1. The fourth-order valence-corrected chi connectivity index (χ4v) is 4.01. The second-order valence-corrected chi connectivity index (χ2v) is 6.51. The maximum atomic E-state index is 11.5. The highest BCUT2D eigenvalue weighted by atomic mass is 16.4. The van der Waals surface area contributed by atoms with Gasteiger partial charge in [0, 0.05) is 6.04 Å². The molecule has 0 spiro atoms. The van der Waals surface area contributed by atoms with E-state index in [9.17, 15) is 9.90 Å². The van der Waals surface area contributed by atoms with E-state index in [1.165, 1.54) is 32.1 Å². The molecule has 1 saturated heterocycles. The van der Waals surface area contributed by atoms with Gasteiger partial charge in [-0.25, -0.2) is 0 Å². The molecule has 2 rings (SSSR count). The number of hydrogen-bond acceptors (Lipinski definition) is 2. The Morgan fingerprint density at radius 1 is 1.06 bits per heavy atom. The molecule has 0 amide bonds. The van der Waals surface area contributed by atoms with Crippen LogP contribution in [0.4, 0.5) is 0 Å². The molecule has 18 heavy (non-hydrogen) atoms. The van der Waals surface area contributed by atoms with Crippen LogP contribution in [-0.4, -0.2) is 34.6 Å². The molecule has 1 aliphatic carbocycles. The first-order valence-corrected chi connectivity index (χ1v) is 7.56. The van der Waals surface area contributed by atoms with Gasteiger partial charge in [-0.15, -0.1) is 0 Å². The minimum Gasteiger partial charge on any atom is -0.480 e. The minimum atomic E-state index is -0.609. The molecule has 2 fully saturated rings. The van der Waals surface area contributed by atoms with Gasteiger partial charge in [-0.1, -0.05) is 26.7 Å². The second-order valence-electron chi connectivity index (χ2n) is 6.51. The number of rotatable bonds is 2. The maximum Gasteiger partial charge on any atom is 0.320 e. The highest BCUT2D eigenvalue weighted by Crippen LogP contribution is 2.34. The summed E-state index contributed by atoms with van der Waals surface area (Å²) in [6.45, 7) is 5.62. The zero-order valence-corrected chi connectivity index (χ0v) is 11.8. The van der Waals surface area contributed by atoms with Crippen molar-refractivity contribution in [3.05, 3.63) is 0 Å². The van der Waals surface area contributed by atoms with Crippen molar-refractivity contribution in [3.63, 3.8) is 0 Å². The molecular formula is C15H27NO2. The molecule has 0 radical (unpaired) electrons. The molecule has 1 N–H and O–H groups in total. The predicted octanol–water partition coefficient (Wildman–Crippen LogP) is 3.14. The Morgan fingerprint density at radius 2 is 1.72 bits per heavy atom. The topological polar surface area (TPSA) is 40.5 Å². The first-order chi connectivity index (χ1) is 8.58. The number of aliphatic carboxylic acids is 1. The van der Waals surface area contributed by atoms with Gasteiger partial charge >= 0.3 is 5.97 Å². The molecule has 104 valence electrons. The van der Waals surface area contributed by atoms with Crippen molar-refractivity contribution in [1.29, 1.82) is 0 Å². The number of hydrogen-bond donors (Lipinski definition) is 1. The Labute approximate surface area is 111 Å². The highest BCUT2D eigenvalue weighted by molar-refractivity contribution is 5.73. The van der Waals surface area contributed by atoms with Gasteiger partial charge in [0.2, 0.25) is 0 Å².